The van der Waals surface area contributed by atoms with Crippen molar-refractivity contribution in [3.8, 4) is 0 Å². The summed E-state index contributed by atoms with van der Waals surface area (Å²) >= 11 is 0. The first-order chi connectivity index (χ1) is 21.3. The van der Waals surface area contributed by atoms with E-state index in [2.05, 4.69) is 75.7 Å². The lowest BCUT2D eigenvalue weighted by atomic mass is 10.1. The van der Waals surface area contributed by atoms with E-state index in [0.717, 1.165) is 0 Å². The minimum Gasteiger partial charge on any atom is -0.455 e. The summed E-state index contributed by atoms with van der Waals surface area (Å²) in [5, 5.41) is 2.84. The number of ether oxygens (including phenoxy) is 2. The molecule has 0 aliphatic carbocycles. The highest BCUT2D eigenvalue weighted by molar-refractivity contribution is 6.84. The quantitative estimate of drug-likeness (QED) is 0.232. The monoisotopic (exact) mass is 655 g/mol. The smallest absolute Gasteiger partial charge is 0.335 e. The van der Waals surface area contributed by atoms with Crippen LogP contribution in [0.25, 0.3) is 11.2 Å². The summed E-state index contributed by atoms with van der Waals surface area (Å²) in [6.07, 6.45) is 0.0429. The van der Waals surface area contributed by atoms with Crippen LogP contribution in [0.3, 0.4) is 0 Å². The van der Waals surface area contributed by atoms with E-state index in [-0.39, 0.29) is 40.5 Å². The van der Waals surface area contributed by atoms with Crippen LogP contribution >= 0.6 is 0 Å². The molecule has 244 valence electrons. The molecule has 4 atom stereocenters. The third-order valence-corrected chi connectivity index (χ3v) is 19.1. The Balaban J connectivity index is 1.56. The Kier molecular flexibility index (Phi) is 9.64. The second-order valence-electron chi connectivity index (χ2n) is 13.1. The molecule has 2 aromatic heterocycles. The zero-order chi connectivity index (χ0) is 32.7. The highest BCUT2D eigenvalue weighted by Crippen LogP contribution is 2.49. The number of amides is 1. The van der Waals surface area contributed by atoms with E-state index in [1.54, 1.807) is 35.2 Å². The summed E-state index contributed by atoms with van der Waals surface area (Å²) in [7, 11) is -5.83. The standard InChI is InChI=1S/C31H45N5O7Si2/c1-18(2)44(19(3)4)39-15-24-26(42-45(43-44,20(5)6)21(7)8)27(40-22(9)37)31(41-24)36-17-34-25-28(32-16-33-29(25)36)35-30(38)23-13-11-10-12-14-23/h10-14,16-21,24,26-27,31H,15H2,1-9H3,(H,32,33,35,38)/t24-,26-,27+,31+/m0/s1. The molecule has 1 N–H and O–H groups in total. The molecule has 14 heteroatoms. The Labute approximate surface area is 266 Å². The molecule has 2 saturated heterocycles. The highest BCUT2D eigenvalue weighted by atomic mass is 28.5. The number of nitrogens with zero attached hydrogens (tertiary/aromatic N) is 4. The zero-order valence-corrected chi connectivity index (χ0v) is 29.5. The molecule has 0 spiro atoms. The Hall–Kier alpha value is -3.02. The number of hydrogen-bond donors (Lipinski definition) is 1. The topological polar surface area (TPSA) is 136 Å². The third kappa shape index (κ3) is 6.11. The van der Waals surface area contributed by atoms with Crippen molar-refractivity contribution in [2.24, 2.45) is 0 Å². The second-order valence-corrected chi connectivity index (χ2v) is 21.9. The fraction of sp³-hybridized carbons (Fsp3) is 0.581. The first-order valence-corrected chi connectivity index (χ1v) is 19.6. The molecule has 0 unspecified atom stereocenters. The van der Waals surface area contributed by atoms with Crippen molar-refractivity contribution in [2.45, 2.75) is 109 Å². The summed E-state index contributed by atoms with van der Waals surface area (Å²) in [5.41, 5.74) is 1.77. The molecule has 4 heterocycles. The molecule has 45 heavy (non-hydrogen) atoms. The Morgan fingerprint density at radius 2 is 1.58 bits per heavy atom. The Morgan fingerprint density at radius 3 is 2.18 bits per heavy atom. The predicted molar refractivity (Wildman–Crippen MR) is 173 cm³/mol. The maximum atomic E-state index is 12.9. The van der Waals surface area contributed by atoms with Gasteiger partial charge in [0.05, 0.1) is 12.9 Å². The van der Waals surface area contributed by atoms with Gasteiger partial charge in [0.2, 0.25) is 0 Å². The molecular weight excluding hydrogens is 611 g/mol. The number of esters is 1. The van der Waals surface area contributed by atoms with Gasteiger partial charge in [-0.1, -0.05) is 73.6 Å². The molecule has 0 radical (unpaired) electrons. The van der Waals surface area contributed by atoms with E-state index < -0.39 is 47.6 Å². The van der Waals surface area contributed by atoms with Gasteiger partial charge in [-0.15, -0.1) is 0 Å². The maximum Gasteiger partial charge on any atom is 0.335 e. The number of aromatic nitrogens is 4. The molecule has 0 bridgehead atoms. The van der Waals surface area contributed by atoms with Crippen LogP contribution < -0.4 is 5.32 Å². The van der Waals surface area contributed by atoms with Gasteiger partial charge in [0.1, 0.15) is 18.5 Å². The van der Waals surface area contributed by atoms with Crippen LogP contribution in [0.5, 0.6) is 0 Å². The van der Waals surface area contributed by atoms with Crippen molar-refractivity contribution in [3.05, 3.63) is 48.5 Å². The van der Waals surface area contributed by atoms with Crippen molar-refractivity contribution < 1.29 is 32.0 Å². The van der Waals surface area contributed by atoms with Gasteiger partial charge in [-0.3, -0.25) is 14.2 Å². The number of carbonyl (C=O) groups is 2. The van der Waals surface area contributed by atoms with E-state index in [1.165, 1.54) is 13.3 Å². The lowest BCUT2D eigenvalue weighted by Gasteiger charge is -2.51. The van der Waals surface area contributed by atoms with Crippen LogP contribution in [0.1, 0.15) is 78.9 Å². The first kappa shape index (κ1) is 33.4. The third-order valence-electron chi connectivity index (χ3n) is 8.82. The molecule has 1 aromatic carbocycles. The minimum atomic E-state index is -3.02. The van der Waals surface area contributed by atoms with Crippen LogP contribution in [-0.2, 0) is 27.2 Å². The second kappa shape index (κ2) is 13.0. The van der Waals surface area contributed by atoms with Crippen molar-refractivity contribution >= 4 is 46.0 Å². The number of carbonyl (C=O) groups excluding carboxylic acids is 2. The van der Waals surface area contributed by atoms with Gasteiger partial charge in [0, 0.05) is 12.5 Å². The van der Waals surface area contributed by atoms with Gasteiger partial charge in [0.15, 0.2) is 29.3 Å². The number of benzene rings is 1. The number of nitrogens with one attached hydrogen (secondary N) is 1. The van der Waals surface area contributed by atoms with E-state index in [1.807, 2.05) is 6.07 Å². The van der Waals surface area contributed by atoms with Crippen LogP contribution in [-0.4, -0.2) is 73.4 Å². The van der Waals surface area contributed by atoms with Crippen molar-refractivity contribution in [1.82, 2.24) is 19.5 Å². The molecule has 1 amide bonds. The van der Waals surface area contributed by atoms with Crippen LogP contribution in [0.4, 0.5) is 5.82 Å². The lowest BCUT2D eigenvalue weighted by molar-refractivity contribution is -0.155. The fourth-order valence-electron chi connectivity index (χ4n) is 6.56. The summed E-state index contributed by atoms with van der Waals surface area (Å²) < 4.78 is 35.8. The van der Waals surface area contributed by atoms with Crippen LogP contribution in [0, 0.1) is 0 Å². The van der Waals surface area contributed by atoms with Gasteiger partial charge in [-0.2, -0.15) is 0 Å². The lowest BCUT2D eigenvalue weighted by Crippen LogP contribution is -2.66. The number of fused-ring (bicyclic) bond motifs is 2. The fourth-order valence-corrected chi connectivity index (χ4v) is 17.8. The molecule has 0 saturated carbocycles. The van der Waals surface area contributed by atoms with Gasteiger partial charge in [-0.05, 0) is 34.3 Å². The van der Waals surface area contributed by atoms with Gasteiger partial charge in [0.25, 0.3) is 5.91 Å². The molecule has 12 nitrogen and oxygen atoms in total. The predicted octanol–water partition coefficient (Wildman–Crippen LogP) is 5.86. The molecule has 5 rings (SSSR count). The van der Waals surface area contributed by atoms with E-state index >= 15 is 0 Å². The number of rotatable bonds is 8. The molecular formula is C31H45N5O7Si2. The Morgan fingerprint density at radius 1 is 0.933 bits per heavy atom. The first-order valence-electron chi connectivity index (χ1n) is 15.7. The average Bonchev–Trinajstić information content (AvgIpc) is 3.54. The molecule has 2 aliphatic heterocycles. The summed E-state index contributed by atoms with van der Waals surface area (Å²) in [5.74, 6) is -0.536. The molecule has 3 aromatic rings. The van der Waals surface area contributed by atoms with Gasteiger partial charge < -0.3 is 27.8 Å². The maximum absolute atomic E-state index is 12.9. The zero-order valence-electron chi connectivity index (χ0n) is 27.5. The van der Waals surface area contributed by atoms with Crippen molar-refractivity contribution in [2.75, 3.05) is 11.9 Å². The van der Waals surface area contributed by atoms with E-state index in [4.69, 9.17) is 22.4 Å². The van der Waals surface area contributed by atoms with Gasteiger partial charge >= 0.3 is 23.1 Å². The minimum absolute atomic E-state index is 0.0823. The van der Waals surface area contributed by atoms with Crippen molar-refractivity contribution in [1.29, 1.82) is 0 Å². The molecule has 2 aliphatic rings. The SMILES string of the molecule is CC(=O)O[C@@H]1[C@H]2O[Si](C(C)C)(C(C)C)O[Si](C(C)C)(C(C)C)OC[C@@H]2O[C@H]1n1cnc2c(NC(=O)c3ccccc3)ncnc21. The van der Waals surface area contributed by atoms with E-state index in [9.17, 15) is 9.59 Å². The van der Waals surface area contributed by atoms with Crippen LogP contribution in [0.2, 0.25) is 22.2 Å². The number of imidazole rings is 1. The molecule has 2 fully saturated rings. The highest BCUT2D eigenvalue weighted by Gasteiger charge is 2.62. The van der Waals surface area contributed by atoms with E-state index in [0.29, 0.717) is 16.7 Å². The summed E-state index contributed by atoms with van der Waals surface area (Å²) in [4.78, 5) is 38.8. The average molecular weight is 656 g/mol. The number of anilines is 1. The van der Waals surface area contributed by atoms with Crippen LogP contribution in [0.15, 0.2) is 43.0 Å². The Bertz CT molecular complexity index is 1500. The summed E-state index contributed by atoms with van der Waals surface area (Å²) in [6, 6.07) is 8.85. The number of hydrogen-bond acceptors (Lipinski definition) is 10. The van der Waals surface area contributed by atoms with Crippen molar-refractivity contribution in [3.63, 3.8) is 0 Å². The normalized spacial score (nSPS) is 24.6. The van der Waals surface area contributed by atoms with Gasteiger partial charge in [-0.25, -0.2) is 15.0 Å². The summed E-state index contributed by atoms with van der Waals surface area (Å²) in [6.45, 7) is 18.8. The largest absolute Gasteiger partial charge is 0.455 e.